The minimum absolute atomic E-state index is 0.143. The topological polar surface area (TPSA) is 96.9 Å². The number of ether oxygens (including phenoxy) is 2. The summed E-state index contributed by atoms with van der Waals surface area (Å²) in [5.74, 6) is -0.145. The minimum atomic E-state index is -1.01. The number of nitrogens with one attached hydrogen (secondary N) is 2. The Kier molecular flexibility index (Phi) is 7.41. The van der Waals surface area contributed by atoms with Gasteiger partial charge in [-0.2, -0.15) is 0 Å². The first-order valence-corrected chi connectivity index (χ1v) is 8.94. The first-order chi connectivity index (χ1) is 12.4. The van der Waals surface area contributed by atoms with E-state index in [9.17, 15) is 14.7 Å². The zero-order valence-electron chi connectivity index (χ0n) is 15.5. The summed E-state index contributed by atoms with van der Waals surface area (Å²) in [4.78, 5) is 24.6. The number of carbonyl (C=O) groups excluding carboxylic acids is 2. The van der Waals surface area contributed by atoms with Gasteiger partial charge in [-0.15, -0.1) is 0 Å². The maximum absolute atomic E-state index is 12.5. The van der Waals surface area contributed by atoms with Gasteiger partial charge in [0.05, 0.1) is 12.6 Å². The summed E-state index contributed by atoms with van der Waals surface area (Å²) in [5.41, 5.74) is 1.95. The van der Waals surface area contributed by atoms with Crippen molar-refractivity contribution in [2.24, 2.45) is 5.92 Å². The highest BCUT2D eigenvalue weighted by molar-refractivity contribution is 5.85. The molecule has 1 fully saturated rings. The summed E-state index contributed by atoms with van der Waals surface area (Å²) in [6, 6.07) is 6.45. The second-order valence-electron chi connectivity index (χ2n) is 6.99. The van der Waals surface area contributed by atoms with Crippen LogP contribution in [0.15, 0.2) is 24.3 Å². The summed E-state index contributed by atoms with van der Waals surface area (Å²) in [6.07, 6.45) is -0.641. The quantitative estimate of drug-likeness (QED) is 0.686. The van der Waals surface area contributed by atoms with Gasteiger partial charge >= 0.3 is 6.09 Å². The average molecular weight is 364 g/mol. The molecule has 3 atom stereocenters. The molecule has 0 saturated carbocycles. The monoisotopic (exact) mass is 364 g/mol. The van der Waals surface area contributed by atoms with Gasteiger partial charge in [0.25, 0.3) is 0 Å². The maximum atomic E-state index is 12.5. The Morgan fingerprint density at radius 1 is 1.35 bits per heavy atom. The molecule has 0 aromatic heterocycles. The molecule has 1 aliphatic heterocycles. The first kappa shape index (κ1) is 20.2. The molecule has 1 aliphatic rings. The molecule has 0 radical (unpaired) electrons. The molecular weight excluding hydrogens is 336 g/mol. The van der Waals surface area contributed by atoms with Crippen LogP contribution in [0.2, 0.25) is 0 Å². The van der Waals surface area contributed by atoms with Crippen molar-refractivity contribution in [1.82, 2.24) is 10.6 Å². The highest BCUT2D eigenvalue weighted by Crippen LogP contribution is 2.13. The predicted molar refractivity (Wildman–Crippen MR) is 96.2 cm³/mol. The third-order valence-electron chi connectivity index (χ3n) is 4.33. The van der Waals surface area contributed by atoms with E-state index in [0.29, 0.717) is 19.4 Å². The Labute approximate surface area is 154 Å². The molecule has 1 heterocycles. The van der Waals surface area contributed by atoms with Gasteiger partial charge < -0.3 is 25.2 Å². The van der Waals surface area contributed by atoms with Crippen LogP contribution >= 0.6 is 0 Å². The van der Waals surface area contributed by atoms with Gasteiger partial charge in [-0.1, -0.05) is 38.1 Å². The van der Waals surface area contributed by atoms with Crippen LogP contribution in [0.5, 0.6) is 0 Å². The molecule has 1 aromatic rings. The molecule has 0 aliphatic carbocycles. The largest absolute Gasteiger partial charge is 0.445 e. The van der Waals surface area contributed by atoms with Crippen molar-refractivity contribution >= 4 is 12.0 Å². The SMILES string of the molecule is Cc1ccccc1COC(=O)NC(CC(C)C)C(=O)N[C@H]1CCOC1O. The lowest BCUT2D eigenvalue weighted by Crippen LogP contribution is -2.51. The fraction of sp³-hybridized carbons (Fsp3) is 0.579. The Hall–Kier alpha value is -2.12. The number of hydrogen-bond acceptors (Lipinski definition) is 5. The average Bonchev–Trinajstić information content (AvgIpc) is 2.98. The third kappa shape index (κ3) is 6.00. The number of aliphatic hydroxyl groups excluding tert-OH is 1. The van der Waals surface area contributed by atoms with Gasteiger partial charge in [0.15, 0.2) is 6.29 Å². The Balaban J connectivity index is 1.90. The minimum Gasteiger partial charge on any atom is -0.445 e. The smallest absolute Gasteiger partial charge is 0.408 e. The van der Waals surface area contributed by atoms with Gasteiger partial charge in [-0.3, -0.25) is 4.79 Å². The molecule has 7 nitrogen and oxygen atoms in total. The van der Waals surface area contributed by atoms with E-state index in [1.165, 1.54) is 0 Å². The molecule has 144 valence electrons. The standard InChI is InChI=1S/C19H28N2O5/c1-12(2)10-16(17(22)20-15-8-9-25-18(15)23)21-19(24)26-11-14-7-5-4-6-13(14)3/h4-7,12,15-16,18,23H,8-11H2,1-3H3,(H,20,22)(H,21,24)/t15-,16?,18?/m0/s1. The van der Waals surface area contributed by atoms with Crippen molar-refractivity contribution in [1.29, 1.82) is 0 Å². The van der Waals surface area contributed by atoms with E-state index >= 15 is 0 Å². The molecule has 3 N–H and O–H groups in total. The zero-order valence-corrected chi connectivity index (χ0v) is 15.5. The summed E-state index contributed by atoms with van der Waals surface area (Å²) in [6.45, 7) is 6.42. The molecule has 2 amide bonds. The fourth-order valence-corrected chi connectivity index (χ4v) is 2.80. The van der Waals surface area contributed by atoms with Crippen molar-refractivity contribution < 1.29 is 24.2 Å². The van der Waals surface area contributed by atoms with Crippen molar-refractivity contribution in [2.75, 3.05) is 6.61 Å². The van der Waals surface area contributed by atoms with Crippen LogP contribution in [0.25, 0.3) is 0 Å². The fourth-order valence-electron chi connectivity index (χ4n) is 2.80. The first-order valence-electron chi connectivity index (χ1n) is 8.94. The van der Waals surface area contributed by atoms with E-state index in [4.69, 9.17) is 9.47 Å². The maximum Gasteiger partial charge on any atom is 0.408 e. The molecule has 1 saturated heterocycles. The predicted octanol–water partition coefficient (Wildman–Crippen LogP) is 1.86. The second-order valence-corrected chi connectivity index (χ2v) is 6.99. The van der Waals surface area contributed by atoms with Crippen LogP contribution in [0.4, 0.5) is 4.79 Å². The molecule has 0 bridgehead atoms. The lowest BCUT2D eigenvalue weighted by atomic mass is 10.0. The summed E-state index contributed by atoms with van der Waals surface area (Å²) in [7, 11) is 0. The summed E-state index contributed by atoms with van der Waals surface area (Å²) < 4.78 is 10.3. The number of alkyl carbamates (subject to hydrolysis) is 1. The van der Waals surface area contributed by atoms with E-state index in [-0.39, 0.29) is 18.4 Å². The van der Waals surface area contributed by atoms with Crippen molar-refractivity contribution in [2.45, 2.75) is 58.6 Å². The molecule has 26 heavy (non-hydrogen) atoms. The van der Waals surface area contributed by atoms with Crippen LogP contribution in [-0.4, -0.2) is 42.1 Å². The van der Waals surface area contributed by atoms with Gasteiger partial charge in [0.1, 0.15) is 12.6 Å². The van der Waals surface area contributed by atoms with Crippen LogP contribution in [0.1, 0.15) is 37.8 Å². The van der Waals surface area contributed by atoms with E-state index < -0.39 is 24.5 Å². The van der Waals surface area contributed by atoms with E-state index in [0.717, 1.165) is 11.1 Å². The van der Waals surface area contributed by atoms with Gasteiger partial charge in [-0.05, 0) is 36.8 Å². The number of benzene rings is 1. The van der Waals surface area contributed by atoms with E-state index in [1.807, 2.05) is 45.0 Å². The number of amides is 2. The lowest BCUT2D eigenvalue weighted by Gasteiger charge is -2.23. The zero-order chi connectivity index (χ0) is 19.1. The summed E-state index contributed by atoms with van der Waals surface area (Å²) >= 11 is 0. The Bertz CT molecular complexity index is 620. The van der Waals surface area contributed by atoms with Gasteiger partial charge in [-0.25, -0.2) is 4.79 Å². The van der Waals surface area contributed by atoms with Crippen LogP contribution in [0, 0.1) is 12.8 Å². The number of aryl methyl sites for hydroxylation is 1. The lowest BCUT2D eigenvalue weighted by molar-refractivity contribution is -0.127. The molecule has 0 spiro atoms. The second kappa shape index (κ2) is 9.54. The van der Waals surface area contributed by atoms with Crippen molar-refractivity contribution in [3.8, 4) is 0 Å². The van der Waals surface area contributed by atoms with E-state index in [1.54, 1.807) is 0 Å². The highest BCUT2D eigenvalue weighted by atomic mass is 16.6. The van der Waals surface area contributed by atoms with Crippen molar-refractivity contribution in [3.05, 3.63) is 35.4 Å². The highest BCUT2D eigenvalue weighted by Gasteiger charge is 2.31. The van der Waals surface area contributed by atoms with Crippen LogP contribution in [0.3, 0.4) is 0 Å². The third-order valence-corrected chi connectivity index (χ3v) is 4.33. The van der Waals surface area contributed by atoms with Gasteiger partial charge in [0.2, 0.25) is 5.91 Å². The molecular formula is C19H28N2O5. The Morgan fingerprint density at radius 3 is 2.69 bits per heavy atom. The molecule has 2 rings (SSSR count). The summed E-state index contributed by atoms with van der Waals surface area (Å²) in [5, 5.41) is 15.0. The number of aliphatic hydroxyl groups is 1. The number of carbonyl (C=O) groups is 2. The number of rotatable bonds is 7. The van der Waals surface area contributed by atoms with Crippen LogP contribution < -0.4 is 10.6 Å². The molecule has 2 unspecified atom stereocenters. The molecule has 1 aromatic carbocycles. The van der Waals surface area contributed by atoms with Gasteiger partial charge in [0, 0.05) is 0 Å². The van der Waals surface area contributed by atoms with E-state index in [2.05, 4.69) is 10.6 Å². The Morgan fingerprint density at radius 2 is 2.08 bits per heavy atom. The normalized spacial score (nSPS) is 20.7. The van der Waals surface area contributed by atoms with Crippen LogP contribution in [-0.2, 0) is 20.9 Å². The number of hydrogen-bond donors (Lipinski definition) is 3. The molecule has 7 heteroatoms. The van der Waals surface area contributed by atoms with Crippen molar-refractivity contribution in [3.63, 3.8) is 0 Å².